The van der Waals surface area contributed by atoms with Crippen LogP contribution >= 0.6 is 0 Å². The minimum absolute atomic E-state index is 0.00249. The van der Waals surface area contributed by atoms with Crippen LogP contribution in [0, 0.1) is 0 Å². The zero-order valence-electron chi connectivity index (χ0n) is 10.3. The van der Waals surface area contributed by atoms with E-state index in [1.165, 1.54) is 0 Å². The number of hydrogen-bond acceptors (Lipinski definition) is 3. The molecule has 0 bridgehead atoms. The van der Waals surface area contributed by atoms with Crippen LogP contribution in [0.3, 0.4) is 0 Å². The molecule has 1 heterocycles. The summed E-state index contributed by atoms with van der Waals surface area (Å²) >= 11 is 0. The minimum Gasteiger partial charge on any atom is -0.384 e. The first-order valence-corrected chi connectivity index (χ1v) is 5.28. The smallest absolute Gasteiger partial charge is 0.227 e. The maximum Gasteiger partial charge on any atom is 0.227 e. The van der Waals surface area contributed by atoms with E-state index in [4.69, 9.17) is 4.74 Å². The molecule has 1 aromatic rings. The van der Waals surface area contributed by atoms with Crippen LogP contribution in [0.25, 0.3) is 0 Å². The van der Waals surface area contributed by atoms with Crippen LogP contribution < -0.4 is 5.32 Å². The number of methoxy groups -OCH3 is 1. The highest BCUT2D eigenvalue weighted by Crippen LogP contribution is 2.21. The average Bonchev–Trinajstić information content (AvgIpc) is 2.62. The highest BCUT2D eigenvalue weighted by Gasteiger charge is 2.17. The molecule has 0 saturated carbocycles. The number of ether oxygens (including phenoxy) is 1. The van der Waals surface area contributed by atoms with Crippen molar-refractivity contribution in [3.05, 3.63) is 11.8 Å². The maximum absolute atomic E-state index is 11.4. The van der Waals surface area contributed by atoms with Crippen molar-refractivity contribution in [2.24, 2.45) is 0 Å². The molecule has 0 aliphatic carbocycles. The highest BCUT2D eigenvalue weighted by molar-refractivity contribution is 5.89. The average molecular weight is 225 g/mol. The molecule has 5 heteroatoms. The number of rotatable bonds is 4. The Kier molecular flexibility index (Phi) is 4.06. The summed E-state index contributed by atoms with van der Waals surface area (Å²) in [6, 6.07) is 1.85. The molecule has 0 saturated heterocycles. The first kappa shape index (κ1) is 12.7. The number of hydrogen-bond donors (Lipinski definition) is 2. The third kappa shape index (κ3) is 3.66. The molecule has 0 spiro atoms. The predicted octanol–water partition coefficient (Wildman–Crippen LogP) is 1.68. The summed E-state index contributed by atoms with van der Waals surface area (Å²) in [7, 11) is 1.57. The van der Waals surface area contributed by atoms with E-state index < -0.39 is 0 Å². The second-order valence-electron chi connectivity index (χ2n) is 4.71. The van der Waals surface area contributed by atoms with E-state index in [9.17, 15) is 4.79 Å². The molecule has 0 fully saturated rings. The second kappa shape index (κ2) is 5.12. The summed E-state index contributed by atoms with van der Waals surface area (Å²) in [6.45, 7) is 6.66. The van der Waals surface area contributed by atoms with Crippen LogP contribution in [-0.4, -0.2) is 29.8 Å². The molecule has 0 aliphatic heterocycles. The van der Waals surface area contributed by atoms with Gasteiger partial charge in [0.15, 0.2) is 5.82 Å². The molecule has 1 rings (SSSR count). The van der Waals surface area contributed by atoms with Gasteiger partial charge in [0.25, 0.3) is 0 Å². The topological polar surface area (TPSA) is 67.0 Å². The van der Waals surface area contributed by atoms with Crippen LogP contribution in [0.2, 0.25) is 0 Å². The molecule has 5 nitrogen and oxygen atoms in total. The number of amides is 1. The van der Waals surface area contributed by atoms with Gasteiger partial charge in [-0.1, -0.05) is 20.8 Å². The third-order valence-electron chi connectivity index (χ3n) is 2.19. The van der Waals surface area contributed by atoms with Crippen molar-refractivity contribution < 1.29 is 9.53 Å². The lowest BCUT2D eigenvalue weighted by atomic mass is 9.92. The Morgan fingerprint density at radius 3 is 2.75 bits per heavy atom. The number of nitrogens with zero attached hydrogens (tertiary/aromatic N) is 1. The van der Waals surface area contributed by atoms with Crippen molar-refractivity contribution in [3.8, 4) is 0 Å². The van der Waals surface area contributed by atoms with Crippen LogP contribution in [-0.2, 0) is 14.9 Å². The number of carbonyl (C=O) groups is 1. The molecule has 0 unspecified atom stereocenters. The van der Waals surface area contributed by atoms with Crippen LogP contribution in [0.4, 0.5) is 5.82 Å². The van der Waals surface area contributed by atoms with Gasteiger partial charge in [-0.15, -0.1) is 0 Å². The first-order valence-electron chi connectivity index (χ1n) is 5.28. The predicted molar refractivity (Wildman–Crippen MR) is 62.4 cm³/mol. The highest BCUT2D eigenvalue weighted by atomic mass is 16.5. The lowest BCUT2D eigenvalue weighted by molar-refractivity contribution is -0.117. The molecule has 0 aromatic carbocycles. The Balaban J connectivity index is 2.56. The fourth-order valence-electron chi connectivity index (χ4n) is 1.17. The first-order chi connectivity index (χ1) is 7.43. The van der Waals surface area contributed by atoms with Gasteiger partial charge in [-0.3, -0.25) is 9.89 Å². The van der Waals surface area contributed by atoms with Gasteiger partial charge < -0.3 is 10.1 Å². The van der Waals surface area contributed by atoms with Crippen LogP contribution in [0.1, 0.15) is 32.9 Å². The summed E-state index contributed by atoms with van der Waals surface area (Å²) in [5.41, 5.74) is 0.997. The van der Waals surface area contributed by atoms with E-state index in [1.807, 2.05) is 6.07 Å². The number of aromatic amines is 1. The Bertz CT molecular complexity index is 352. The van der Waals surface area contributed by atoms with Crippen molar-refractivity contribution in [2.45, 2.75) is 32.6 Å². The Labute approximate surface area is 95.6 Å². The molecular weight excluding hydrogens is 206 g/mol. The van der Waals surface area contributed by atoms with Gasteiger partial charge in [-0.2, -0.15) is 5.10 Å². The van der Waals surface area contributed by atoms with Gasteiger partial charge in [-0.05, 0) is 0 Å². The van der Waals surface area contributed by atoms with E-state index >= 15 is 0 Å². The van der Waals surface area contributed by atoms with Gasteiger partial charge in [0.05, 0.1) is 13.0 Å². The number of carbonyl (C=O) groups excluding carboxylic acids is 1. The Hall–Kier alpha value is -1.36. The van der Waals surface area contributed by atoms with E-state index in [-0.39, 0.29) is 11.3 Å². The summed E-state index contributed by atoms with van der Waals surface area (Å²) in [5.74, 6) is 0.472. The summed E-state index contributed by atoms with van der Waals surface area (Å²) in [6.07, 6.45) is 0.341. The van der Waals surface area contributed by atoms with Gasteiger partial charge in [0, 0.05) is 24.3 Å². The van der Waals surface area contributed by atoms with E-state index in [0.29, 0.717) is 18.8 Å². The third-order valence-corrected chi connectivity index (χ3v) is 2.19. The Morgan fingerprint density at radius 2 is 2.25 bits per heavy atom. The molecule has 0 aliphatic rings. The van der Waals surface area contributed by atoms with E-state index in [0.717, 1.165) is 5.69 Å². The second-order valence-corrected chi connectivity index (χ2v) is 4.71. The number of nitrogens with one attached hydrogen (secondary N) is 2. The van der Waals surface area contributed by atoms with Crippen molar-refractivity contribution in [3.63, 3.8) is 0 Å². The fourth-order valence-corrected chi connectivity index (χ4v) is 1.17. The number of anilines is 1. The van der Waals surface area contributed by atoms with Crippen molar-refractivity contribution >= 4 is 11.7 Å². The van der Waals surface area contributed by atoms with Gasteiger partial charge in [0.2, 0.25) is 5.91 Å². The number of H-pyrrole nitrogens is 1. The summed E-state index contributed by atoms with van der Waals surface area (Å²) in [4.78, 5) is 11.4. The fraction of sp³-hybridized carbons (Fsp3) is 0.636. The maximum atomic E-state index is 11.4. The molecular formula is C11H19N3O2. The number of aromatic nitrogens is 2. The SMILES string of the molecule is COCCC(=O)Nc1cc(C(C)(C)C)[nH]n1. The van der Waals surface area contributed by atoms with Gasteiger partial charge >= 0.3 is 0 Å². The van der Waals surface area contributed by atoms with Crippen LogP contribution in [0.15, 0.2) is 6.07 Å². The minimum atomic E-state index is -0.0891. The summed E-state index contributed by atoms with van der Waals surface area (Å²) in [5, 5.41) is 9.65. The van der Waals surface area contributed by atoms with E-state index in [2.05, 4.69) is 36.3 Å². The van der Waals surface area contributed by atoms with Gasteiger partial charge in [-0.25, -0.2) is 0 Å². The normalized spacial score (nSPS) is 11.5. The molecule has 1 amide bonds. The van der Waals surface area contributed by atoms with Gasteiger partial charge in [0.1, 0.15) is 0 Å². The van der Waals surface area contributed by atoms with Crippen molar-refractivity contribution in [1.29, 1.82) is 0 Å². The lowest BCUT2D eigenvalue weighted by Crippen LogP contribution is -2.14. The summed E-state index contributed by atoms with van der Waals surface area (Å²) < 4.78 is 4.82. The molecule has 1 aromatic heterocycles. The lowest BCUT2D eigenvalue weighted by Gasteiger charge is -2.14. The standard InChI is InChI=1S/C11H19N3O2/c1-11(2,3)8-7-9(14-13-8)12-10(15)5-6-16-4/h7H,5-6H2,1-4H3,(H2,12,13,14,15). The van der Waals surface area contributed by atoms with Crippen LogP contribution in [0.5, 0.6) is 0 Å². The largest absolute Gasteiger partial charge is 0.384 e. The molecule has 0 radical (unpaired) electrons. The Morgan fingerprint density at radius 1 is 1.56 bits per heavy atom. The van der Waals surface area contributed by atoms with Crippen molar-refractivity contribution in [2.75, 3.05) is 19.0 Å². The zero-order valence-corrected chi connectivity index (χ0v) is 10.3. The monoisotopic (exact) mass is 225 g/mol. The quantitative estimate of drug-likeness (QED) is 0.819. The molecule has 0 atom stereocenters. The van der Waals surface area contributed by atoms with Crippen molar-refractivity contribution in [1.82, 2.24) is 10.2 Å². The molecule has 90 valence electrons. The van der Waals surface area contributed by atoms with E-state index in [1.54, 1.807) is 7.11 Å². The molecule has 2 N–H and O–H groups in total. The zero-order chi connectivity index (χ0) is 12.2. The molecule has 16 heavy (non-hydrogen) atoms.